The molecule has 0 atom stereocenters. The third kappa shape index (κ3) is 5.35. The highest BCUT2D eigenvalue weighted by molar-refractivity contribution is 6.05. The molecule has 3 rings (SSSR count). The van der Waals surface area contributed by atoms with Crippen molar-refractivity contribution in [1.82, 2.24) is 4.90 Å². The fraction of sp³-hybridized carbons (Fsp3) is 0.391. The highest BCUT2D eigenvalue weighted by Crippen LogP contribution is 2.18. The average molecular weight is 380 g/mol. The number of rotatable bonds is 5. The first-order valence-electron chi connectivity index (χ1n) is 10.0. The molecule has 0 unspecified atom stereocenters. The first-order chi connectivity index (χ1) is 13.5. The van der Waals surface area contributed by atoms with Crippen LogP contribution < -0.4 is 10.1 Å². The molecule has 0 spiro atoms. The van der Waals surface area contributed by atoms with Gasteiger partial charge in [0.1, 0.15) is 5.75 Å². The van der Waals surface area contributed by atoms with Crippen LogP contribution in [0.4, 0.5) is 5.69 Å². The number of ether oxygens (including phenoxy) is 1. The molecule has 1 fully saturated rings. The van der Waals surface area contributed by atoms with Gasteiger partial charge in [0.25, 0.3) is 11.8 Å². The second-order valence-corrected chi connectivity index (χ2v) is 7.43. The fourth-order valence-corrected chi connectivity index (χ4v) is 3.35. The van der Waals surface area contributed by atoms with Crippen LogP contribution in [0.3, 0.4) is 0 Å². The van der Waals surface area contributed by atoms with Crippen molar-refractivity contribution in [1.29, 1.82) is 0 Å². The topological polar surface area (TPSA) is 58.6 Å². The molecule has 0 aliphatic carbocycles. The Balaban J connectivity index is 1.66. The van der Waals surface area contributed by atoms with Crippen LogP contribution in [0.1, 0.15) is 60.2 Å². The molecule has 1 N–H and O–H groups in total. The summed E-state index contributed by atoms with van der Waals surface area (Å²) >= 11 is 0. The van der Waals surface area contributed by atoms with Crippen LogP contribution in [0.5, 0.6) is 5.75 Å². The highest BCUT2D eigenvalue weighted by atomic mass is 16.5. The van der Waals surface area contributed by atoms with E-state index in [0.29, 0.717) is 16.8 Å². The van der Waals surface area contributed by atoms with Gasteiger partial charge in [-0.3, -0.25) is 9.59 Å². The van der Waals surface area contributed by atoms with Gasteiger partial charge >= 0.3 is 0 Å². The first kappa shape index (κ1) is 19.9. The van der Waals surface area contributed by atoms with Crippen molar-refractivity contribution in [2.45, 2.75) is 45.6 Å². The van der Waals surface area contributed by atoms with E-state index in [-0.39, 0.29) is 17.9 Å². The lowest BCUT2D eigenvalue weighted by Gasteiger charge is -2.20. The zero-order valence-corrected chi connectivity index (χ0v) is 16.6. The van der Waals surface area contributed by atoms with E-state index in [0.717, 1.165) is 31.7 Å². The molecule has 1 aliphatic rings. The van der Waals surface area contributed by atoms with Gasteiger partial charge in [0.2, 0.25) is 0 Å². The average Bonchev–Trinajstić information content (AvgIpc) is 2.97. The minimum Gasteiger partial charge on any atom is -0.491 e. The van der Waals surface area contributed by atoms with Crippen LogP contribution in [-0.2, 0) is 0 Å². The zero-order chi connectivity index (χ0) is 19.9. The van der Waals surface area contributed by atoms with Crippen LogP contribution in [0.15, 0.2) is 48.5 Å². The van der Waals surface area contributed by atoms with Gasteiger partial charge in [0, 0.05) is 29.9 Å². The summed E-state index contributed by atoms with van der Waals surface area (Å²) in [7, 11) is 0. The Labute approximate surface area is 166 Å². The zero-order valence-electron chi connectivity index (χ0n) is 16.6. The summed E-state index contributed by atoms with van der Waals surface area (Å²) < 4.78 is 5.60. The number of benzene rings is 2. The summed E-state index contributed by atoms with van der Waals surface area (Å²) in [5, 5.41) is 2.88. The molecule has 1 aliphatic heterocycles. The number of carbonyl (C=O) groups excluding carboxylic acids is 2. The molecule has 0 bridgehead atoms. The minimum atomic E-state index is -0.213. The van der Waals surface area contributed by atoms with Crippen molar-refractivity contribution in [2.75, 3.05) is 18.4 Å². The molecule has 0 radical (unpaired) electrons. The highest BCUT2D eigenvalue weighted by Gasteiger charge is 2.18. The van der Waals surface area contributed by atoms with Gasteiger partial charge in [0.05, 0.1) is 6.10 Å². The molecule has 2 amide bonds. The van der Waals surface area contributed by atoms with E-state index >= 15 is 0 Å². The van der Waals surface area contributed by atoms with E-state index < -0.39 is 0 Å². The van der Waals surface area contributed by atoms with Gasteiger partial charge in [0.15, 0.2) is 0 Å². The standard InChI is InChI=1S/C23H28N2O3/c1-17(2)28-21-12-10-18(11-13-21)22(26)24-20-9-7-8-19(16-20)23(27)25-14-5-3-4-6-15-25/h7-13,16-17H,3-6,14-15H2,1-2H3,(H,24,26). The lowest BCUT2D eigenvalue weighted by Crippen LogP contribution is -2.31. The molecule has 28 heavy (non-hydrogen) atoms. The maximum absolute atomic E-state index is 12.8. The number of nitrogens with zero attached hydrogens (tertiary/aromatic N) is 1. The molecule has 0 saturated carbocycles. The number of carbonyl (C=O) groups is 2. The van der Waals surface area contributed by atoms with Crippen LogP contribution in [0.2, 0.25) is 0 Å². The van der Waals surface area contributed by atoms with Crippen molar-refractivity contribution >= 4 is 17.5 Å². The summed E-state index contributed by atoms with van der Waals surface area (Å²) in [6.45, 7) is 5.53. The number of likely N-dealkylation sites (tertiary alicyclic amines) is 1. The summed E-state index contributed by atoms with van der Waals surface area (Å²) in [6, 6.07) is 14.2. The van der Waals surface area contributed by atoms with Gasteiger partial charge in [-0.05, 0) is 69.2 Å². The Kier molecular flexibility index (Phi) is 6.69. The maximum atomic E-state index is 12.8. The van der Waals surface area contributed by atoms with Crippen molar-refractivity contribution in [3.63, 3.8) is 0 Å². The Morgan fingerprint density at radius 2 is 1.61 bits per heavy atom. The SMILES string of the molecule is CC(C)Oc1ccc(C(=O)Nc2cccc(C(=O)N3CCCCCC3)c2)cc1. The Morgan fingerprint density at radius 3 is 2.25 bits per heavy atom. The van der Waals surface area contributed by atoms with Gasteiger partial charge in [-0.1, -0.05) is 18.9 Å². The summed E-state index contributed by atoms with van der Waals surface area (Å²) in [6.07, 6.45) is 4.56. The van der Waals surface area contributed by atoms with E-state index in [2.05, 4.69) is 5.32 Å². The second kappa shape index (κ2) is 9.40. The monoisotopic (exact) mass is 380 g/mol. The van der Waals surface area contributed by atoms with E-state index in [1.165, 1.54) is 12.8 Å². The van der Waals surface area contributed by atoms with E-state index in [9.17, 15) is 9.59 Å². The van der Waals surface area contributed by atoms with Gasteiger partial charge in [-0.2, -0.15) is 0 Å². The predicted molar refractivity (Wildman–Crippen MR) is 111 cm³/mol. The number of nitrogens with one attached hydrogen (secondary N) is 1. The maximum Gasteiger partial charge on any atom is 0.255 e. The number of anilines is 1. The first-order valence-corrected chi connectivity index (χ1v) is 10.0. The molecule has 1 heterocycles. The van der Waals surface area contributed by atoms with Crippen LogP contribution in [-0.4, -0.2) is 35.9 Å². The largest absolute Gasteiger partial charge is 0.491 e. The van der Waals surface area contributed by atoms with Crippen molar-refractivity contribution < 1.29 is 14.3 Å². The quantitative estimate of drug-likeness (QED) is 0.815. The van der Waals surface area contributed by atoms with E-state index in [1.807, 2.05) is 18.7 Å². The van der Waals surface area contributed by atoms with E-state index in [1.54, 1.807) is 48.5 Å². The molecule has 1 saturated heterocycles. The lowest BCUT2D eigenvalue weighted by atomic mass is 10.1. The molecule has 5 nitrogen and oxygen atoms in total. The van der Waals surface area contributed by atoms with Crippen molar-refractivity contribution in [3.8, 4) is 5.75 Å². The van der Waals surface area contributed by atoms with Crippen LogP contribution in [0, 0.1) is 0 Å². The van der Waals surface area contributed by atoms with Crippen molar-refractivity contribution in [2.24, 2.45) is 0 Å². The molecule has 0 aromatic heterocycles. The fourth-order valence-electron chi connectivity index (χ4n) is 3.35. The second-order valence-electron chi connectivity index (χ2n) is 7.43. The molecule has 2 aromatic rings. The lowest BCUT2D eigenvalue weighted by molar-refractivity contribution is 0.0761. The van der Waals surface area contributed by atoms with Gasteiger partial charge in [-0.25, -0.2) is 0 Å². The number of hydrogen-bond donors (Lipinski definition) is 1. The Bertz CT molecular complexity index is 807. The minimum absolute atomic E-state index is 0.0354. The van der Waals surface area contributed by atoms with Crippen molar-refractivity contribution in [3.05, 3.63) is 59.7 Å². The normalized spacial score (nSPS) is 14.5. The third-order valence-electron chi connectivity index (χ3n) is 4.75. The summed E-state index contributed by atoms with van der Waals surface area (Å²) in [5.74, 6) is 0.556. The molecular weight excluding hydrogens is 352 g/mol. The molecule has 148 valence electrons. The molecular formula is C23H28N2O3. The Morgan fingerprint density at radius 1 is 0.929 bits per heavy atom. The van der Waals surface area contributed by atoms with Gasteiger partial charge < -0.3 is 15.0 Å². The molecule has 2 aromatic carbocycles. The van der Waals surface area contributed by atoms with Gasteiger partial charge in [-0.15, -0.1) is 0 Å². The predicted octanol–water partition coefficient (Wildman–Crippen LogP) is 4.74. The number of amides is 2. The summed E-state index contributed by atoms with van der Waals surface area (Å²) in [5.41, 5.74) is 1.77. The smallest absolute Gasteiger partial charge is 0.255 e. The molecule has 5 heteroatoms. The Hall–Kier alpha value is -2.82. The van der Waals surface area contributed by atoms with E-state index in [4.69, 9.17) is 4.74 Å². The van der Waals surface area contributed by atoms with Crippen LogP contribution >= 0.6 is 0 Å². The summed E-state index contributed by atoms with van der Waals surface area (Å²) in [4.78, 5) is 27.2. The van der Waals surface area contributed by atoms with Crippen LogP contribution in [0.25, 0.3) is 0 Å². The number of hydrogen-bond acceptors (Lipinski definition) is 3. The third-order valence-corrected chi connectivity index (χ3v) is 4.75.